The van der Waals surface area contributed by atoms with Crippen LogP contribution in [0.3, 0.4) is 0 Å². The Hall–Kier alpha value is -1.02. The molecule has 0 radical (unpaired) electrons. The minimum atomic E-state index is 0.759. The van der Waals surface area contributed by atoms with Gasteiger partial charge in [0.1, 0.15) is 0 Å². The van der Waals surface area contributed by atoms with Crippen LogP contribution in [0, 0.1) is 0 Å². The standard InChI is InChI=1S/C16H24N2/c1-18-10-9-14-11-13(7-8-16(14)18)12-17-15-5-3-2-4-6-15/h7-8,11,15,17H,2-6,9-10,12H2,1H3. The van der Waals surface area contributed by atoms with E-state index in [2.05, 4.69) is 35.5 Å². The molecule has 2 nitrogen and oxygen atoms in total. The van der Waals surface area contributed by atoms with Crippen LogP contribution in [-0.4, -0.2) is 19.6 Å². The van der Waals surface area contributed by atoms with E-state index in [0.717, 1.165) is 12.6 Å². The van der Waals surface area contributed by atoms with Crippen LogP contribution in [0.5, 0.6) is 0 Å². The summed E-state index contributed by atoms with van der Waals surface area (Å²) in [4.78, 5) is 2.35. The van der Waals surface area contributed by atoms with Crippen molar-refractivity contribution in [1.82, 2.24) is 5.32 Å². The summed E-state index contributed by atoms with van der Waals surface area (Å²) in [6.07, 6.45) is 8.20. The van der Waals surface area contributed by atoms with E-state index in [1.165, 1.54) is 61.9 Å². The third-order valence-electron chi connectivity index (χ3n) is 4.47. The van der Waals surface area contributed by atoms with Gasteiger partial charge in [-0.2, -0.15) is 0 Å². The molecule has 0 amide bonds. The van der Waals surface area contributed by atoms with Crippen molar-refractivity contribution < 1.29 is 0 Å². The molecule has 1 heterocycles. The number of rotatable bonds is 3. The van der Waals surface area contributed by atoms with Crippen molar-refractivity contribution in [3.63, 3.8) is 0 Å². The molecule has 2 aliphatic rings. The summed E-state index contributed by atoms with van der Waals surface area (Å²) in [5.74, 6) is 0. The maximum Gasteiger partial charge on any atom is 0.0397 e. The Bertz CT molecular complexity index is 408. The first-order valence-corrected chi connectivity index (χ1v) is 7.39. The molecule has 1 aromatic rings. The molecule has 0 atom stereocenters. The third-order valence-corrected chi connectivity index (χ3v) is 4.47. The maximum absolute atomic E-state index is 3.73. The first kappa shape index (κ1) is 12.0. The minimum Gasteiger partial charge on any atom is -0.374 e. The molecule has 1 saturated carbocycles. The van der Waals surface area contributed by atoms with E-state index in [9.17, 15) is 0 Å². The van der Waals surface area contributed by atoms with Crippen molar-refractivity contribution in [3.8, 4) is 0 Å². The van der Waals surface area contributed by atoms with Crippen LogP contribution in [-0.2, 0) is 13.0 Å². The number of likely N-dealkylation sites (N-methyl/N-ethyl adjacent to an activating group) is 1. The van der Waals surface area contributed by atoms with E-state index in [0.29, 0.717) is 0 Å². The molecule has 1 N–H and O–H groups in total. The van der Waals surface area contributed by atoms with Crippen molar-refractivity contribution in [2.75, 3.05) is 18.5 Å². The van der Waals surface area contributed by atoms with Gasteiger partial charge in [0.15, 0.2) is 0 Å². The predicted octanol–water partition coefficient (Wildman–Crippen LogP) is 3.10. The quantitative estimate of drug-likeness (QED) is 0.879. The van der Waals surface area contributed by atoms with Crippen LogP contribution >= 0.6 is 0 Å². The molecule has 1 aliphatic heterocycles. The molecular weight excluding hydrogens is 220 g/mol. The second-order valence-electron chi connectivity index (χ2n) is 5.85. The monoisotopic (exact) mass is 244 g/mol. The summed E-state index contributed by atoms with van der Waals surface area (Å²) in [5.41, 5.74) is 4.41. The second-order valence-corrected chi connectivity index (χ2v) is 5.85. The lowest BCUT2D eigenvalue weighted by atomic mass is 9.95. The zero-order valence-electron chi connectivity index (χ0n) is 11.4. The van der Waals surface area contributed by atoms with Gasteiger partial charge < -0.3 is 10.2 Å². The highest BCUT2D eigenvalue weighted by atomic mass is 15.1. The molecule has 0 saturated heterocycles. The fraction of sp³-hybridized carbons (Fsp3) is 0.625. The Kier molecular flexibility index (Phi) is 3.55. The lowest BCUT2D eigenvalue weighted by Crippen LogP contribution is -2.30. The van der Waals surface area contributed by atoms with Crippen LogP contribution in [0.15, 0.2) is 18.2 Å². The Balaban J connectivity index is 1.60. The van der Waals surface area contributed by atoms with Gasteiger partial charge in [-0.05, 0) is 36.5 Å². The van der Waals surface area contributed by atoms with E-state index in [-0.39, 0.29) is 0 Å². The molecule has 0 spiro atoms. The van der Waals surface area contributed by atoms with Gasteiger partial charge in [-0.3, -0.25) is 0 Å². The van der Waals surface area contributed by atoms with E-state index in [1.54, 1.807) is 0 Å². The fourth-order valence-electron chi connectivity index (χ4n) is 3.30. The highest BCUT2D eigenvalue weighted by Crippen LogP contribution is 2.27. The molecule has 3 rings (SSSR count). The van der Waals surface area contributed by atoms with Gasteiger partial charge in [-0.25, -0.2) is 0 Å². The van der Waals surface area contributed by atoms with Crippen LogP contribution in [0.4, 0.5) is 5.69 Å². The molecule has 1 aliphatic carbocycles. The molecule has 98 valence electrons. The minimum absolute atomic E-state index is 0.759. The molecule has 0 bridgehead atoms. The van der Waals surface area contributed by atoms with E-state index in [4.69, 9.17) is 0 Å². The highest BCUT2D eigenvalue weighted by Gasteiger charge is 2.16. The number of nitrogens with zero attached hydrogens (tertiary/aromatic N) is 1. The molecule has 2 heteroatoms. The Morgan fingerprint density at radius 1 is 1.22 bits per heavy atom. The molecule has 18 heavy (non-hydrogen) atoms. The van der Waals surface area contributed by atoms with E-state index in [1.807, 2.05) is 0 Å². The molecular formula is C16H24N2. The number of nitrogens with one attached hydrogen (secondary N) is 1. The smallest absolute Gasteiger partial charge is 0.0397 e. The Morgan fingerprint density at radius 3 is 2.89 bits per heavy atom. The van der Waals surface area contributed by atoms with Gasteiger partial charge in [0.25, 0.3) is 0 Å². The summed E-state index contributed by atoms with van der Waals surface area (Å²) >= 11 is 0. The summed E-state index contributed by atoms with van der Waals surface area (Å²) in [6, 6.07) is 7.74. The van der Waals surface area contributed by atoms with Gasteiger partial charge in [-0.1, -0.05) is 31.4 Å². The van der Waals surface area contributed by atoms with Crippen LogP contribution in [0.25, 0.3) is 0 Å². The predicted molar refractivity (Wildman–Crippen MR) is 77.1 cm³/mol. The van der Waals surface area contributed by atoms with Crippen molar-refractivity contribution in [2.45, 2.75) is 51.1 Å². The van der Waals surface area contributed by atoms with Crippen molar-refractivity contribution in [1.29, 1.82) is 0 Å². The highest BCUT2D eigenvalue weighted by molar-refractivity contribution is 5.58. The van der Waals surface area contributed by atoms with Crippen molar-refractivity contribution in [2.24, 2.45) is 0 Å². The summed E-state index contributed by atoms with van der Waals surface area (Å²) < 4.78 is 0. The lowest BCUT2D eigenvalue weighted by Gasteiger charge is -2.23. The number of hydrogen-bond donors (Lipinski definition) is 1. The zero-order valence-corrected chi connectivity index (χ0v) is 11.4. The van der Waals surface area contributed by atoms with Gasteiger partial charge >= 0.3 is 0 Å². The second kappa shape index (κ2) is 5.31. The molecule has 1 fully saturated rings. The molecule has 0 unspecified atom stereocenters. The SMILES string of the molecule is CN1CCc2cc(CNC3CCCCC3)ccc21. The average molecular weight is 244 g/mol. The Labute approximate surface area is 110 Å². The van der Waals surface area contributed by atoms with E-state index < -0.39 is 0 Å². The van der Waals surface area contributed by atoms with Crippen LogP contribution in [0.1, 0.15) is 43.2 Å². The molecule has 1 aromatic carbocycles. The largest absolute Gasteiger partial charge is 0.374 e. The zero-order chi connectivity index (χ0) is 12.4. The summed E-state index contributed by atoms with van der Waals surface area (Å²) in [5, 5.41) is 3.73. The summed E-state index contributed by atoms with van der Waals surface area (Å²) in [6.45, 7) is 2.22. The molecule has 0 aromatic heterocycles. The van der Waals surface area contributed by atoms with Crippen molar-refractivity contribution in [3.05, 3.63) is 29.3 Å². The fourth-order valence-corrected chi connectivity index (χ4v) is 3.30. The number of benzene rings is 1. The number of anilines is 1. The van der Waals surface area contributed by atoms with Gasteiger partial charge in [0, 0.05) is 31.9 Å². The van der Waals surface area contributed by atoms with Gasteiger partial charge in [0.05, 0.1) is 0 Å². The maximum atomic E-state index is 3.73. The number of fused-ring (bicyclic) bond motifs is 1. The lowest BCUT2D eigenvalue weighted by molar-refractivity contribution is 0.372. The normalized spacial score (nSPS) is 20.2. The van der Waals surface area contributed by atoms with Gasteiger partial charge in [0.2, 0.25) is 0 Å². The average Bonchev–Trinajstić information content (AvgIpc) is 2.79. The third kappa shape index (κ3) is 2.54. The first-order chi connectivity index (χ1) is 8.83. The topological polar surface area (TPSA) is 15.3 Å². The Morgan fingerprint density at radius 2 is 2.06 bits per heavy atom. The van der Waals surface area contributed by atoms with Crippen molar-refractivity contribution >= 4 is 5.69 Å². The van der Waals surface area contributed by atoms with Crippen LogP contribution < -0.4 is 10.2 Å². The van der Waals surface area contributed by atoms with E-state index >= 15 is 0 Å². The van der Waals surface area contributed by atoms with Gasteiger partial charge in [-0.15, -0.1) is 0 Å². The first-order valence-electron chi connectivity index (χ1n) is 7.39. The summed E-state index contributed by atoms with van der Waals surface area (Å²) in [7, 11) is 2.19. The van der Waals surface area contributed by atoms with Crippen LogP contribution in [0.2, 0.25) is 0 Å². The number of hydrogen-bond acceptors (Lipinski definition) is 2.